The molecule has 0 amide bonds. The number of phenols is 2. The van der Waals surface area contributed by atoms with Crippen LogP contribution in [0, 0.1) is 0 Å². The molecule has 4 rings (SSSR count). The zero-order valence-electron chi connectivity index (χ0n) is 18.0. The fraction of sp³-hybridized carbons (Fsp3) is 0.440. The number of aliphatic hydroxyl groups is 1. The summed E-state index contributed by atoms with van der Waals surface area (Å²) in [5, 5.41) is 31.3. The van der Waals surface area contributed by atoms with Gasteiger partial charge in [-0.25, -0.2) is 0 Å². The second-order valence-electron chi connectivity index (χ2n) is 9.17. The summed E-state index contributed by atoms with van der Waals surface area (Å²) in [6, 6.07) is 7.25. The minimum Gasteiger partial charge on any atom is -0.508 e. The monoisotopic (exact) mass is 410 g/mol. The Morgan fingerprint density at radius 3 is 2.63 bits per heavy atom. The molecule has 2 atom stereocenters. The zero-order valence-corrected chi connectivity index (χ0v) is 18.0. The molecule has 0 spiro atoms. The van der Waals surface area contributed by atoms with Gasteiger partial charge in [-0.15, -0.1) is 0 Å². The minimum absolute atomic E-state index is 0.145. The van der Waals surface area contributed by atoms with Crippen LogP contribution in [0.25, 0.3) is 0 Å². The van der Waals surface area contributed by atoms with Crippen molar-refractivity contribution in [3.63, 3.8) is 0 Å². The van der Waals surface area contributed by atoms with Gasteiger partial charge >= 0.3 is 0 Å². The number of hydrogen-bond acceptors (Lipinski definition) is 5. The van der Waals surface area contributed by atoms with Gasteiger partial charge in [-0.3, -0.25) is 0 Å². The van der Waals surface area contributed by atoms with E-state index in [2.05, 4.69) is 6.08 Å². The number of rotatable bonds is 4. The molecule has 0 saturated heterocycles. The highest BCUT2D eigenvalue weighted by Crippen LogP contribution is 2.48. The number of aromatic hydroxyl groups is 2. The van der Waals surface area contributed by atoms with E-state index in [1.54, 1.807) is 26.0 Å². The van der Waals surface area contributed by atoms with E-state index in [-0.39, 0.29) is 17.6 Å². The Bertz CT molecular complexity index is 996. The predicted octanol–water partition coefficient (Wildman–Crippen LogP) is 4.75. The number of phenolic OH excluding ortho intramolecular Hbond substituents is 2. The van der Waals surface area contributed by atoms with E-state index in [0.717, 1.165) is 35.1 Å². The van der Waals surface area contributed by atoms with Crippen molar-refractivity contribution in [2.24, 2.45) is 0 Å². The Balaban J connectivity index is 1.77. The van der Waals surface area contributed by atoms with Gasteiger partial charge in [0.05, 0.1) is 5.60 Å². The van der Waals surface area contributed by atoms with Crippen molar-refractivity contribution in [1.82, 2.24) is 0 Å². The van der Waals surface area contributed by atoms with Crippen molar-refractivity contribution < 1.29 is 24.8 Å². The molecule has 2 aliphatic heterocycles. The van der Waals surface area contributed by atoms with Gasteiger partial charge in [-0.05, 0) is 70.2 Å². The predicted molar refractivity (Wildman–Crippen MR) is 115 cm³/mol. The van der Waals surface area contributed by atoms with E-state index in [9.17, 15) is 15.3 Å². The maximum Gasteiger partial charge on any atom is 0.165 e. The van der Waals surface area contributed by atoms with Crippen LogP contribution in [0.4, 0.5) is 0 Å². The fourth-order valence-corrected chi connectivity index (χ4v) is 4.20. The summed E-state index contributed by atoms with van der Waals surface area (Å²) >= 11 is 0. The van der Waals surface area contributed by atoms with Crippen LogP contribution in [-0.2, 0) is 19.3 Å². The molecule has 5 heteroatoms. The molecule has 0 bridgehead atoms. The van der Waals surface area contributed by atoms with E-state index >= 15 is 0 Å². The van der Waals surface area contributed by atoms with Crippen molar-refractivity contribution in [3.8, 4) is 23.0 Å². The molecule has 3 N–H and O–H groups in total. The van der Waals surface area contributed by atoms with Gasteiger partial charge in [0.25, 0.3) is 0 Å². The van der Waals surface area contributed by atoms with Crippen molar-refractivity contribution in [2.75, 3.05) is 0 Å². The molecule has 30 heavy (non-hydrogen) atoms. The molecule has 2 aromatic carbocycles. The van der Waals surface area contributed by atoms with Crippen LogP contribution in [0.15, 0.2) is 35.9 Å². The zero-order chi connectivity index (χ0) is 21.6. The highest BCUT2D eigenvalue weighted by Gasteiger charge is 2.40. The van der Waals surface area contributed by atoms with Crippen molar-refractivity contribution in [3.05, 3.63) is 58.2 Å². The van der Waals surface area contributed by atoms with E-state index in [1.165, 1.54) is 5.57 Å². The maximum atomic E-state index is 10.9. The molecule has 160 valence electrons. The first-order chi connectivity index (χ1) is 14.1. The smallest absolute Gasteiger partial charge is 0.165 e. The highest BCUT2D eigenvalue weighted by molar-refractivity contribution is 5.59. The molecular formula is C25H30O5. The number of hydrogen-bond donors (Lipinski definition) is 3. The third-order valence-electron chi connectivity index (χ3n) is 5.98. The average molecular weight is 411 g/mol. The summed E-state index contributed by atoms with van der Waals surface area (Å²) in [6.45, 7) is 7.50. The van der Waals surface area contributed by atoms with Gasteiger partial charge in [0.1, 0.15) is 23.7 Å². The van der Waals surface area contributed by atoms with Crippen LogP contribution in [0.2, 0.25) is 0 Å². The lowest BCUT2D eigenvalue weighted by molar-refractivity contribution is -0.0236. The lowest BCUT2D eigenvalue weighted by atomic mass is 9.88. The quantitative estimate of drug-likeness (QED) is 0.634. The summed E-state index contributed by atoms with van der Waals surface area (Å²) < 4.78 is 12.3. The highest BCUT2D eigenvalue weighted by atomic mass is 16.5. The second kappa shape index (κ2) is 7.55. The molecular weight excluding hydrogens is 380 g/mol. The Kier molecular flexibility index (Phi) is 5.18. The number of fused-ring (bicyclic) bond motifs is 2. The number of ether oxygens (including phenoxy) is 2. The van der Waals surface area contributed by atoms with E-state index in [4.69, 9.17) is 9.47 Å². The molecule has 0 saturated carbocycles. The van der Waals surface area contributed by atoms with Crippen molar-refractivity contribution in [2.45, 2.75) is 71.2 Å². The Morgan fingerprint density at radius 1 is 1.17 bits per heavy atom. The summed E-state index contributed by atoms with van der Waals surface area (Å²) in [5.41, 5.74) is 3.88. The van der Waals surface area contributed by atoms with Gasteiger partial charge in [-0.2, -0.15) is 0 Å². The largest absolute Gasteiger partial charge is 0.508 e. The molecule has 0 aromatic heterocycles. The molecule has 0 aliphatic carbocycles. The molecule has 0 unspecified atom stereocenters. The van der Waals surface area contributed by atoms with Crippen LogP contribution in [0.3, 0.4) is 0 Å². The van der Waals surface area contributed by atoms with Gasteiger partial charge < -0.3 is 24.8 Å². The Hall–Kier alpha value is -2.66. The third-order valence-corrected chi connectivity index (χ3v) is 5.98. The number of benzene rings is 2. The van der Waals surface area contributed by atoms with Crippen LogP contribution < -0.4 is 9.47 Å². The van der Waals surface area contributed by atoms with Crippen LogP contribution >= 0.6 is 0 Å². The van der Waals surface area contributed by atoms with Crippen LogP contribution in [0.5, 0.6) is 23.0 Å². The standard InChI is InChI=1S/C25H30O5/c1-14(2)5-6-16-11-18(19-13-22(25(3,4)28)30-24(19)23(16)27)20-10-8-15-7-9-17(26)12-21(15)29-20/h5,7,9,11-12,20,22,26-28H,6,8,10,13H2,1-4H3/t20-,22-/m0/s1. The minimum atomic E-state index is -1.03. The molecule has 5 nitrogen and oxygen atoms in total. The first-order valence-electron chi connectivity index (χ1n) is 10.5. The maximum absolute atomic E-state index is 10.9. The number of aryl methyl sites for hydroxylation is 1. The number of allylic oxidation sites excluding steroid dienone is 2. The third kappa shape index (κ3) is 3.86. The Labute approximate surface area is 177 Å². The summed E-state index contributed by atoms with van der Waals surface area (Å²) in [6.07, 6.45) is 4.17. The van der Waals surface area contributed by atoms with E-state index < -0.39 is 11.7 Å². The molecule has 2 heterocycles. The van der Waals surface area contributed by atoms with Gasteiger partial charge in [0, 0.05) is 23.6 Å². The summed E-state index contributed by atoms with van der Waals surface area (Å²) in [4.78, 5) is 0. The van der Waals surface area contributed by atoms with Crippen molar-refractivity contribution >= 4 is 0 Å². The first kappa shape index (κ1) is 20.6. The molecule has 2 aromatic rings. The van der Waals surface area contributed by atoms with Crippen LogP contribution in [0.1, 0.15) is 62.5 Å². The van der Waals surface area contributed by atoms with Gasteiger partial charge in [-0.1, -0.05) is 17.7 Å². The Morgan fingerprint density at radius 2 is 1.93 bits per heavy atom. The molecule has 0 fully saturated rings. The van der Waals surface area contributed by atoms with E-state index in [0.29, 0.717) is 24.3 Å². The lowest BCUT2D eigenvalue weighted by Crippen LogP contribution is -2.39. The SMILES string of the molecule is CC(C)=CCc1cc([C@@H]2CCc3ccc(O)cc3O2)c2c(c1O)O[C@H](C(C)(C)O)C2. The fourth-order valence-electron chi connectivity index (χ4n) is 4.20. The van der Waals surface area contributed by atoms with Gasteiger partial charge in [0.2, 0.25) is 0 Å². The molecule has 2 aliphatic rings. The van der Waals surface area contributed by atoms with E-state index in [1.807, 2.05) is 26.0 Å². The first-order valence-corrected chi connectivity index (χ1v) is 10.5. The van der Waals surface area contributed by atoms with Crippen molar-refractivity contribution in [1.29, 1.82) is 0 Å². The van der Waals surface area contributed by atoms with Gasteiger partial charge in [0.15, 0.2) is 11.5 Å². The normalized spacial score (nSPS) is 20.0. The summed E-state index contributed by atoms with van der Waals surface area (Å²) in [7, 11) is 0. The second-order valence-corrected chi connectivity index (χ2v) is 9.17. The summed E-state index contributed by atoms with van der Waals surface area (Å²) in [5.74, 6) is 1.48. The van der Waals surface area contributed by atoms with Crippen LogP contribution in [-0.4, -0.2) is 27.0 Å². The average Bonchev–Trinajstić information content (AvgIpc) is 3.13. The lowest BCUT2D eigenvalue weighted by Gasteiger charge is -2.28. The topological polar surface area (TPSA) is 79.2 Å². The molecule has 0 radical (unpaired) electrons.